The zero-order valence-corrected chi connectivity index (χ0v) is 7.45. The molecule has 0 saturated carbocycles. The van der Waals surface area contributed by atoms with Crippen molar-refractivity contribution in [3.05, 3.63) is 12.8 Å². The van der Waals surface area contributed by atoms with E-state index in [1.807, 2.05) is 6.92 Å². The van der Waals surface area contributed by atoms with Crippen molar-refractivity contribution in [3.8, 4) is 0 Å². The molecule has 0 bridgehead atoms. The Labute approximate surface area is 73.0 Å². The summed E-state index contributed by atoms with van der Waals surface area (Å²) in [7, 11) is 0. The van der Waals surface area contributed by atoms with Crippen LogP contribution in [0.25, 0.3) is 0 Å². The van der Waals surface area contributed by atoms with Gasteiger partial charge in [0.15, 0.2) is 0 Å². The lowest BCUT2D eigenvalue weighted by molar-refractivity contribution is -0.254. The highest BCUT2D eigenvalue weighted by atomic mass is 17.2. The SMILES string of the molecule is C=COOCCOCCOCC. The van der Waals surface area contributed by atoms with Crippen LogP contribution in [-0.4, -0.2) is 33.0 Å². The summed E-state index contributed by atoms with van der Waals surface area (Å²) < 4.78 is 10.2. The Bertz CT molecular complexity index is 95.1. The molecule has 72 valence electrons. The molecule has 0 aromatic rings. The van der Waals surface area contributed by atoms with Gasteiger partial charge in [-0.2, -0.15) is 4.89 Å². The summed E-state index contributed by atoms with van der Waals surface area (Å²) in [4.78, 5) is 9.02. The summed E-state index contributed by atoms with van der Waals surface area (Å²) >= 11 is 0. The molecule has 0 N–H and O–H groups in total. The quantitative estimate of drug-likeness (QED) is 0.228. The molecule has 12 heavy (non-hydrogen) atoms. The molecule has 0 atom stereocenters. The van der Waals surface area contributed by atoms with Gasteiger partial charge in [-0.25, -0.2) is 0 Å². The van der Waals surface area contributed by atoms with Crippen LogP contribution >= 0.6 is 0 Å². The predicted molar refractivity (Wildman–Crippen MR) is 44.5 cm³/mol. The molecule has 0 spiro atoms. The van der Waals surface area contributed by atoms with Crippen LogP contribution in [0.4, 0.5) is 0 Å². The van der Waals surface area contributed by atoms with Gasteiger partial charge in [0.05, 0.1) is 19.8 Å². The summed E-state index contributed by atoms with van der Waals surface area (Å²) in [6.07, 6.45) is 1.22. The van der Waals surface area contributed by atoms with E-state index in [0.29, 0.717) is 26.4 Å². The Kier molecular flexibility index (Phi) is 9.92. The van der Waals surface area contributed by atoms with Gasteiger partial charge in [0, 0.05) is 6.61 Å². The van der Waals surface area contributed by atoms with Crippen LogP contribution in [0, 0.1) is 0 Å². The minimum absolute atomic E-state index is 0.401. The second kappa shape index (κ2) is 10.4. The predicted octanol–water partition coefficient (Wildman–Crippen LogP) is 1.13. The van der Waals surface area contributed by atoms with Gasteiger partial charge < -0.3 is 14.4 Å². The molecule has 0 heterocycles. The maximum absolute atomic E-state index is 5.12. The normalized spacial score (nSPS) is 9.75. The van der Waals surface area contributed by atoms with Crippen LogP contribution < -0.4 is 0 Å². The molecule has 0 amide bonds. The fourth-order valence-electron chi connectivity index (χ4n) is 0.553. The van der Waals surface area contributed by atoms with Crippen molar-refractivity contribution < 1.29 is 19.2 Å². The topological polar surface area (TPSA) is 36.9 Å². The van der Waals surface area contributed by atoms with Gasteiger partial charge in [-0.15, -0.1) is 0 Å². The van der Waals surface area contributed by atoms with E-state index in [4.69, 9.17) is 9.47 Å². The van der Waals surface area contributed by atoms with Crippen LogP contribution in [0.15, 0.2) is 12.8 Å². The van der Waals surface area contributed by atoms with E-state index in [1.54, 1.807) is 0 Å². The smallest absolute Gasteiger partial charge is 0.122 e. The number of hydrogen-bond donors (Lipinski definition) is 0. The molecular formula is C8H16O4. The third-order valence-corrected chi connectivity index (χ3v) is 1.02. The van der Waals surface area contributed by atoms with Crippen LogP contribution in [0.5, 0.6) is 0 Å². The van der Waals surface area contributed by atoms with Crippen molar-refractivity contribution in [3.63, 3.8) is 0 Å². The van der Waals surface area contributed by atoms with Crippen LogP contribution in [0.2, 0.25) is 0 Å². The first-order valence-electron chi connectivity index (χ1n) is 3.96. The average Bonchev–Trinajstić information content (AvgIpc) is 2.10. The second-order valence-electron chi connectivity index (χ2n) is 1.89. The first-order chi connectivity index (χ1) is 5.91. The third kappa shape index (κ3) is 9.42. The largest absolute Gasteiger partial charge is 0.379 e. The first kappa shape index (κ1) is 11.4. The van der Waals surface area contributed by atoms with Gasteiger partial charge in [0.2, 0.25) is 0 Å². The summed E-state index contributed by atoms with van der Waals surface area (Å²) in [5.41, 5.74) is 0. The van der Waals surface area contributed by atoms with E-state index in [-0.39, 0.29) is 0 Å². The van der Waals surface area contributed by atoms with Gasteiger partial charge in [0.1, 0.15) is 12.9 Å². The van der Waals surface area contributed by atoms with Gasteiger partial charge >= 0.3 is 0 Å². The molecule has 0 rings (SSSR count). The molecule has 0 saturated heterocycles. The lowest BCUT2D eigenvalue weighted by atomic mass is 10.7. The molecule has 0 aromatic carbocycles. The van der Waals surface area contributed by atoms with Crippen molar-refractivity contribution in [2.24, 2.45) is 0 Å². The highest BCUT2D eigenvalue weighted by molar-refractivity contribution is 4.42. The molecule has 0 aliphatic heterocycles. The molecular weight excluding hydrogens is 160 g/mol. The minimum Gasteiger partial charge on any atom is -0.379 e. The van der Waals surface area contributed by atoms with Crippen molar-refractivity contribution in [1.29, 1.82) is 0 Å². The molecule has 4 heteroatoms. The summed E-state index contributed by atoms with van der Waals surface area (Å²) in [6, 6.07) is 0. The van der Waals surface area contributed by atoms with E-state index in [9.17, 15) is 0 Å². The highest BCUT2D eigenvalue weighted by Crippen LogP contribution is 1.81. The summed E-state index contributed by atoms with van der Waals surface area (Å²) in [5, 5.41) is 0. The van der Waals surface area contributed by atoms with E-state index >= 15 is 0 Å². The lowest BCUT2D eigenvalue weighted by Gasteiger charge is -2.03. The second-order valence-corrected chi connectivity index (χ2v) is 1.89. The highest BCUT2D eigenvalue weighted by Gasteiger charge is 1.88. The number of hydrogen-bond acceptors (Lipinski definition) is 4. The van der Waals surface area contributed by atoms with Crippen LogP contribution in [-0.2, 0) is 19.2 Å². The molecule has 0 aromatic heterocycles. The van der Waals surface area contributed by atoms with E-state index in [1.165, 1.54) is 6.26 Å². The van der Waals surface area contributed by atoms with Crippen LogP contribution in [0.3, 0.4) is 0 Å². The van der Waals surface area contributed by atoms with Crippen molar-refractivity contribution >= 4 is 0 Å². The zero-order chi connectivity index (χ0) is 9.07. The molecule has 0 aliphatic rings. The molecule has 0 unspecified atom stereocenters. The molecule has 0 aliphatic carbocycles. The Morgan fingerprint density at radius 3 is 2.42 bits per heavy atom. The summed E-state index contributed by atoms with van der Waals surface area (Å²) in [5.74, 6) is 0. The fourth-order valence-corrected chi connectivity index (χ4v) is 0.553. The summed E-state index contributed by atoms with van der Waals surface area (Å²) in [6.45, 7) is 8.09. The van der Waals surface area contributed by atoms with E-state index < -0.39 is 0 Å². The average molecular weight is 176 g/mol. The van der Waals surface area contributed by atoms with Crippen molar-refractivity contribution in [1.82, 2.24) is 0 Å². The maximum atomic E-state index is 5.12. The first-order valence-corrected chi connectivity index (χ1v) is 3.96. The van der Waals surface area contributed by atoms with Crippen molar-refractivity contribution in [2.75, 3.05) is 33.0 Å². The number of rotatable bonds is 9. The molecule has 0 radical (unpaired) electrons. The van der Waals surface area contributed by atoms with Gasteiger partial charge in [-0.3, -0.25) is 0 Å². The standard InChI is InChI=1S/C8H16O4/c1-3-9-5-6-10-7-8-12-11-4-2/h4H,2-3,5-8H2,1H3. The number of ether oxygens (including phenoxy) is 2. The Balaban J connectivity index is 2.77. The molecule has 4 nitrogen and oxygen atoms in total. The van der Waals surface area contributed by atoms with Crippen LogP contribution in [0.1, 0.15) is 6.92 Å². The molecule has 0 fully saturated rings. The van der Waals surface area contributed by atoms with Crippen molar-refractivity contribution in [2.45, 2.75) is 6.92 Å². The zero-order valence-electron chi connectivity index (χ0n) is 7.45. The monoisotopic (exact) mass is 176 g/mol. The maximum Gasteiger partial charge on any atom is 0.122 e. The lowest BCUT2D eigenvalue weighted by Crippen LogP contribution is -2.08. The third-order valence-electron chi connectivity index (χ3n) is 1.02. The van der Waals surface area contributed by atoms with Gasteiger partial charge in [0.25, 0.3) is 0 Å². The van der Waals surface area contributed by atoms with E-state index in [0.717, 1.165) is 6.61 Å². The van der Waals surface area contributed by atoms with Gasteiger partial charge in [-0.1, -0.05) is 6.58 Å². The Hall–Kier alpha value is -0.580. The Morgan fingerprint density at radius 2 is 1.75 bits per heavy atom. The minimum atomic E-state index is 0.401. The fraction of sp³-hybridized carbons (Fsp3) is 0.750. The van der Waals surface area contributed by atoms with Gasteiger partial charge in [-0.05, 0) is 6.92 Å². The Morgan fingerprint density at radius 1 is 1.08 bits per heavy atom. The van der Waals surface area contributed by atoms with E-state index in [2.05, 4.69) is 16.4 Å².